The number of methoxy groups -OCH3 is 1. The summed E-state index contributed by atoms with van der Waals surface area (Å²) in [5, 5.41) is 32.1. The van der Waals surface area contributed by atoms with Crippen LogP contribution in [0, 0.1) is 32.4 Å². The predicted molar refractivity (Wildman–Crippen MR) is 206 cm³/mol. The maximum atomic E-state index is 14.2. The van der Waals surface area contributed by atoms with E-state index in [0.29, 0.717) is 33.4 Å². The van der Waals surface area contributed by atoms with Crippen LogP contribution in [0.25, 0.3) is 10.9 Å². The molecule has 5 rings (SSSR count). The van der Waals surface area contributed by atoms with E-state index in [9.17, 15) is 50.4 Å². The molecule has 3 aromatic carbocycles. The fraction of sp³-hybridized carbons (Fsp3) is 0.409. The Labute approximate surface area is 332 Å². The Morgan fingerprint density at radius 1 is 0.638 bits per heavy atom. The van der Waals surface area contributed by atoms with Crippen molar-refractivity contribution in [3.63, 3.8) is 0 Å². The lowest BCUT2D eigenvalue weighted by molar-refractivity contribution is -0.266. The van der Waals surface area contributed by atoms with Crippen LogP contribution in [0.5, 0.6) is 11.5 Å². The van der Waals surface area contributed by atoms with Gasteiger partial charge in [-0.15, -0.1) is 0 Å². The molecule has 3 N–H and O–H groups in total. The summed E-state index contributed by atoms with van der Waals surface area (Å²) in [6, 6.07) is 16.7. The minimum absolute atomic E-state index is 0.133. The summed E-state index contributed by atoms with van der Waals surface area (Å²) >= 11 is 0. The van der Waals surface area contributed by atoms with Gasteiger partial charge in [0, 0.05) is 47.4 Å². The third-order valence-electron chi connectivity index (χ3n) is 10.2. The van der Waals surface area contributed by atoms with Crippen LogP contribution in [-0.4, -0.2) is 56.0 Å². The first-order valence-electron chi connectivity index (χ1n) is 18.3. The van der Waals surface area contributed by atoms with Crippen LogP contribution in [-0.2, 0) is 23.7 Å². The lowest BCUT2D eigenvalue weighted by Crippen LogP contribution is -2.50. The van der Waals surface area contributed by atoms with Crippen LogP contribution in [0.15, 0.2) is 79.0 Å². The Morgan fingerprint density at radius 3 is 1.72 bits per heavy atom. The molecule has 0 aliphatic rings. The quantitative estimate of drug-likeness (QED) is 0.115. The summed E-state index contributed by atoms with van der Waals surface area (Å²) < 4.78 is 116. The van der Waals surface area contributed by atoms with Gasteiger partial charge in [0.05, 0.1) is 12.6 Å². The molecule has 0 radical (unpaired) electrons. The molecule has 314 valence electrons. The number of hydrogen-bond donors (Lipinski definition) is 3. The first-order valence-corrected chi connectivity index (χ1v) is 18.3. The van der Waals surface area contributed by atoms with E-state index in [2.05, 4.69) is 9.97 Å². The molecule has 58 heavy (non-hydrogen) atoms. The third-order valence-corrected chi connectivity index (χ3v) is 10.2. The molecule has 0 fully saturated rings. The number of pyridine rings is 2. The predicted octanol–water partition coefficient (Wildman–Crippen LogP) is 10.6. The lowest BCUT2D eigenvalue weighted by Gasteiger charge is -2.38. The number of rotatable bonds is 11. The Hall–Kier alpha value is -4.82. The number of aliphatic hydroxyl groups is 2. The molecule has 6 nitrogen and oxygen atoms in total. The summed E-state index contributed by atoms with van der Waals surface area (Å²) in [5.41, 5.74) is -4.92. The van der Waals surface area contributed by atoms with E-state index in [1.807, 2.05) is 6.92 Å². The second-order valence-electron chi connectivity index (χ2n) is 16.3. The molecule has 0 spiro atoms. The normalized spacial score (nSPS) is 14.7. The zero-order chi connectivity index (χ0) is 43.6. The first-order chi connectivity index (χ1) is 26.6. The molecule has 2 heterocycles. The first kappa shape index (κ1) is 45.9. The summed E-state index contributed by atoms with van der Waals surface area (Å²) in [7, 11) is 1.37. The largest absolute Gasteiger partial charge is 0.508 e. The average Bonchev–Trinajstić information content (AvgIpc) is 3.06. The molecule has 2 unspecified atom stereocenters. The summed E-state index contributed by atoms with van der Waals surface area (Å²) in [6.45, 7) is 11.2. The van der Waals surface area contributed by atoms with Gasteiger partial charge < -0.3 is 20.1 Å². The van der Waals surface area contributed by atoms with Crippen molar-refractivity contribution in [2.24, 2.45) is 0 Å². The van der Waals surface area contributed by atoms with Crippen molar-refractivity contribution in [3.8, 4) is 11.5 Å². The van der Waals surface area contributed by atoms with Gasteiger partial charge in [-0.3, -0.25) is 9.97 Å². The SMILES string of the molecule is COc1ccc(F)cc1C(C)(C)CC(O)(Cc1ccnc2cc(C)ccc12)C(F)(F)F.Cc1cc(CC(O)(CC(C)(C)c2ccc(F)cc2O)C(F)(F)F)cc(C)n1. The van der Waals surface area contributed by atoms with Crippen molar-refractivity contribution < 1.29 is 55.2 Å². The summed E-state index contributed by atoms with van der Waals surface area (Å²) in [6.07, 6.45) is -11.1. The molecule has 0 aliphatic carbocycles. The second kappa shape index (κ2) is 16.8. The summed E-state index contributed by atoms with van der Waals surface area (Å²) in [4.78, 5) is 8.37. The number of halogens is 8. The molecule has 0 saturated carbocycles. The summed E-state index contributed by atoms with van der Waals surface area (Å²) in [5.74, 6) is -1.46. The van der Waals surface area contributed by atoms with Gasteiger partial charge in [-0.1, -0.05) is 45.9 Å². The van der Waals surface area contributed by atoms with Gasteiger partial charge in [0.15, 0.2) is 11.2 Å². The van der Waals surface area contributed by atoms with Gasteiger partial charge in [0.1, 0.15) is 23.1 Å². The number of ether oxygens (including phenoxy) is 1. The Morgan fingerprint density at radius 2 is 1.17 bits per heavy atom. The highest BCUT2D eigenvalue weighted by molar-refractivity contribution is 5.82. The van der Waals surface area contributed by atoms with Crippen LogP contribution >= 0.6 is 0 Å². The fourth-order valence-corrected chi connectivity index (χ4v) is 7.61. The van der Waals surface area contributed by atoms with Gasteiger partial charge in [-0.05, 0) is 115 Å². The fourth-order valence-electron chi connectivity index (χ4n) is 7.61. The number of nitrogens with zero attached hydrogens (tertiary/aromatic N) is 2. The smallest absolute Gasteiger partial charge is 0.417 e. The lowest BCUT2D eigenvalue weighted by atomic mass is 9.72. The van der Waals surface area contributed by atoms with Gasteiger partial charge in [-0.2, -0.15) is 26.3 Å². The molecule has 5 aromatic rings. The van der Waals surface area contributed by atoms with Crippen LogP contribution in [0.2, 0.25) is 0 Å². The molecule has 2 atom stereocenters. The van der Waals surface area contributed by atoms with Crippen molar-refractivity contribution in [2.75, 3.05) is 7.11 Å². The number of aryl methyl sites for hydroxylation is 3. The van der Waals surface area contributed by atoms with Crippen molar-refractivity contribution in [2.45, 2.75) is 109 Å². The monoisotopic (exact) mass is 820 g/mol. The zero-order valence-corrected chi connectivity index (χ0v) is 33.5. The van der Waals surface area contributed by atoms with Gasteiger partial charge in [-0.25, -0.2) is 8.78 Å². The number of aromatic hydroxyl groups is 1. The minimum Gasteiger partial charge on any atom is -0.508 e. The number of hydrogen-bond acceptors (Lipinski definition) is 6. The molecule has 0 bridgehead atoms. The molecule has 2 aromatic heterocycles. The zero-order valence-electron chi connectivity index (χ0n) is 33.5. The van der Waals surface area contributed by atoms with E-state index in [0.717, 1.165) is 23.8 Å². The molecule has 14 heteroatoms. The molecule has 0 aliphatic heterocycles. The van der Waals surface area contributed by atoms with Crippen molar-refractivity contribution in [1.82, 2.24) is 9.97 Å². The number of aromatic nitrogens is 2. The number of fused-ring (bicyclic) bond motifs is 1. The van der Waals surface area contributed by atoms with Gasteiger partial charge >= 0.3 is 12.4 Å². The Balaban J connectivity index is 0.000000259. The van der Waals surface area contributed by atoms with E-state index >= 15 is 0 Å². The average molecular weight is 821 g/mol. The Kier molecular flexibility index (Phi) is 13.3. The minimum atomic E-state index is -4.91. The third kappa shape index (κ3) is 10.6. The van der Waals surface area contributed by atoms with Crippen molar-refractivity contribution in [3.05, 3.63) is 130 Å². The highest BCUT2D eigenvalue weighted by atomic mass is 19.4. The molecule has 0 amide bonds. The van der Waals surface area contributed by atoms with E-state index in [-0.39, 0.29) is 16.9 Å². The Bertz CT molecular complexity index is 2220. The highest BCUT2D eigenvalue weighted by Crippen LogP contribution is 2.47. The maximum Gasteiger partial charge on any atom is 0.417 e. The standard InChI is InChI=1S/C24H25F4NO2.C20H23F4NO2/c1-15-5-7-18-16(9-10-29-20(18)11-15)13-23(30,24(26,27)28)14-22(2,3)19-12-17(25)6-8-21(19)31-4;1-12-7-14(8-13(2)25-12)10-19(27,20(22,23)24)11-18(3,4)16-6-5-15(21)9-17(16)26/h5-12,30H,13-14H2,1-4H3;5-9,26-27H,10-11H2,1-4H3. The molecular formula is C44H48F8N2O4. The maximum absolute atomic E-state index is 14.2. The molecular weight excluding hydrogens is 772 g/mol. The topological polar surface area (TPSA) is 95.7 Å². The number of benzene rings is 3. The number of phenolic OH excluding ortho intramolecular Hbond substituents is 1. The van der Waals surface area contributed by atoms with Crippen LogP contribution in [0.3, 0.4) is 0 Å². The molecule has 0 saturated heterocycles. The van der Waals surface area contributed by atoms with Gasteiger partial charge in [0.2, 0.25) is 0 Å². The second-order valence-corrected chi connectivity index (χ2v) is 16.3. The number of phenols is 1. The van der Waals surface area contributed by atoms with E-state index < -0.39 is 77.5 Å². The van der Waals surface area contributed by atoms with Crippen LogP contribution < -0.4 is 4.74 Å². The van der Waals surface area contributed by atoms with Crippen molar-refractivity contribution in [1.29, 1.82) is 0 Å². The highest BCUT2D eigenvalue weighted by Gasteiger charge is 2.57. The van der Waals surface area contributed by atoms with Gasteiger partial charge in [0.25, 0.3) is 0 Å². The van der Waals surface area contributed by atoms with Crippen molar-refractivity contribution >= 4 is 10.9 Å². The van der Waals surface area contributed by atoms with E-state index in [4.69, 9.17) is 4.74 Å². The van der Waals surface area contributed by atoms with Crippen LogP contribution in [0.1, 0.15) is 79.7 Å². The number of alkyl halides is 6. The van der Waals surface area contributed by atoms with E-state index in [1.54, 1.807) is 32.0 Å². The van der Waals surface area contributed by atoms with Crippen LogP contribution in [0.4, 0.5) is 35.1 Å². The van der Waals surface area contributed by atoms with E-state index in [1.165, 1.54) is 77.4 Å².